The zero-order valence-corrected chi connectivity index (χ0v) is 13.8. The van der Waals surface area contributed by atoms with Gasteiger partial charge >= 0.3 is 11.4 Å². The average Bonchev–Trinajstić information content (AvgIpc) is 2.90. The lowest BCUT2D eigenvalue weighted by Crippen LogP contribution is -2.32. The van der Waals surface area contributed by atoms with Gasteiger partial charge in [0.2, 0.25) is 0 Å². The van der Waals surface area contributed by atoms with E-state index >= 15 is 0 Å². The molecule has 2 aromatic carbocycles. The number of aromatic nitrogens is 3. The Morgan fingerprint density at radius 2 is 1.60 bits per heavy atom. The van der Waals surface area contributed by atoms with E-state index in [9.17, 15) is 14.7 Å². The Labute approximate surface area is 144 Å². The van der Waals surface area contributed by atoms with Gasteiger partial charge in [-0.25, -0.2) is 23.9 Å². The fourth-order valence-corrected chi connectivity index (χ4v) is 2.85. The van der Waals surface area contributed by atoms with Crippen LogP contribution >= 0.6 is 0 Å². The summed E-state index contributed by atoms with van der Waals surface area (Å²) in [7, 11) is 0. The number of rotatable bonds is 5. The molecule has 0 aliphatic heterocycles. The minimum atomic E-state index is -1.02. The van der Waals surface area contributed by atoms with Gasteiger partial charge in [0.1, 0.15) is 12.1 Å². The number of nitrogens with one attached hydrogen (secondary N) is 1. The Bertz CT molecular complexity index is 984. The van der Waals surface area contributed by atoms with Crippen molar-refractivity contribution in [1.82, 2.24) is 14.3 Å². The minimum Gasteiger partial charge on any atom is -0.386 e. The minimum absolute atomic E-state index is 0.460. The van der Waals surface area contributed by atoms with Crippen LogP contribution in [0, 0.1) is 0 Å². The molecule has 0 aliphatic rings. The Hall–Kier alpha value is -3.12. The summed E-state index contributed by atoms with van der Waals surface area (Å²) in [5.74, 6) is 0. The monoisotopic (exact) mass is 337 g/mol. The van der Waals surface area contributed by atoms with Crippen molar-refractivity contribution in [3.8, 4) is 5.69 Å². The molecule has 0 saturated heterocycles. The summed E-state index contributed by atoms with van der Waals surface area (Å²) in [4.78, 5) is 25.1. The average molecular weight is 337 g/mol. The van der Waals surface area contributed by atoms with Gasteiger partial charge in [-0.15, -0.1) is 0 Å². The molecule has 128 valence electrons. The van der Waals surface area contributed by atoms with E-state index in [0.29, 0.717) is 16.8 Å². The number of nitrogens with zero attached hydrogens (tertiary/aromatic N) is 2. The summed E-state index contributed by atoms with van der Waals surface area (Å²) < 4.78 is 2.17. The molecule has 0 radical (unpaired) electrons. The highest BCUT2D eigenvalue weighted by molar-refractivity contribution is 5.30. The molecule has 3 aromatic rings. The van der Waals surface area contributed by atoms with E-state index in [2.05, 4.69) is 11.7 Å². The van der Waals surface area contributed by atoms with Crippen molar-refractivity contribution < 1.29 is 5.11 Å². The first-order valence-corrected chi connectivity index (χ1v) is 7.88. The number of H-pyrrole nitrogens is 1. The quantitative estimate of drug-likeness (QED) is 0.700. The standard InChI is InChI=1S/C19H19N3O3/c1-13(2)16(17(23)14-9-5-3-6-10-14)22-19(25)21(18(24)20-22)15-11-7-4-8-12-15/h3-12,16-17,23H,1H2,2H3,(H,20,24)/t16-,17+/m1/s1. The zero-order valence-electron chi connectivity index (χ0n) is 13.8. The number of aliphatic hydroxyl groups is 1. The topological polar surface area (TPSA) is 80.0 Å². The molecule has 1 heterocycles. The lowest BCUT2D eigenvalue weighted by Gasteiger charge is -2.23. The molecular weight excluding hydrogens is 318 g/mol. The maximum absolute atomic E-state index is 12.8. The summed E-state index contributed by atoms with van der Waals surface area (Å²) in [6.45, 7) is 5.59. The van der Waals surface area contributed by atoms with Crippen molar-refractivity contribution in [1.29, 1.82) is 0 Å². The third-order valence-corrected chi connectivity index (χ3v) is 4.05. The van der Waals surface area contributed by atoms with Gasteiger partial charge in [-0.3, -0.25) is 0 Å². The van der Waals surface area contributed by atoms with E-state index in [1.54, 1.807) is 61.5 Å². The van der Waals surface area contributed by atoms with Gasteiger partial charge in [-0.1, -0.05) is 60.7 Å². The summed E-state index contributed by atoms with van der Waals surface area (Å²) in [6, 6.07) is 16.8. The lowest BCUT2D eigenvalue weighted by atomic mass is 9.98. The third-order valence-electron chi connectivity index (χ3n) is 4.05. The first-order valence-electron chi connectivity index (χ1n) is 7.88. The van der Waals surface area contributed by atoms with Crippen LogP contribution in [0.5, 0.6) is 0 Å². The van der Waals surface area contributed by atoms with E-state index in [0.717, 1.165) is 9.25 Å². The van der Waals surface area contributed by atoms with Crippen molar-refractivity contribution in [2.75, 3.05) is 0 Å². The number of benzene rings is 2. The van der Waals surface area contributed by atoms with Crippen LogP contribution in [0.4, 0.5) is 0 Å². The molecule has 6 nitrogen and oxygen atoms in total. The highest BCUT2D eigenvalue weighted by Gasteiger charge is 2.27. The number of para-hydroxylation sites is 1. The molecule has 0 bridgehead atoms. The molecule has 3 rings (SSSR count). The largest absolute Gasteiger partial charge is 0.386 e. The second-order valence-electron chi connectivity index (χ2n) is 5.89. The first kappa shape index (κ1) is 16.7. The van der Waals surface area contributed by atoms with Gasteiger partial charge < -0.3 is 5.11 Å². The molecule has 0 aliphatic carbocycles. The molecule has 0 unspecified atom stereocenters. The van der Waals surface area contributed by atoms with E-state index in [-0.39, 0.29) is 0 Å². The molecule has 2 atom stereocenters. The van der Waals surface area contributed by atoms with Crippen LogP contribution in [0.25, 0.3) is 5.69 Å². The Morgan fingerprint density at radius 3 is 2.16 bits per heavy atom. The number of aliphatic hydroxyl groups excluding tert-OH is 1. The van der Waals surface area contributed by atoms with Gasteiger partial charge in [-0.2, -0.15) is 0 Å². The molecule has 0 spiro atoms. The van der Waals surface area contributed by atoms with E-state index in [1.165, 1.54) is 0 Å². The Morgan fingerprint density at radius 1 is 1.04 bits per heavy atom. The second kappa shape index (κ2) is 6.78. The molecule has 25 heavy (non-hydrogen) atoms. The van der Waals surface area contributed by atoms with Gasteiger partial charge in [0.25, 0.3) is 0 Å². The molecule has 6 heteroatoms. The van der Waals surface area contributed by atoms with Crippen LogP contribution in [0.15, 0.2) is 82.4 Å². The van der Waals surface area contributed by atoms with Crippen molar-refractivity contribution >= 4 is 0 Å². The first-order chi connectivity index (χ1) is 12.0. The number of hydrogen-bond donors (Lipinski definition) is 2. The molecule has 0 saturated carbocycles. The smallest absolute Gasteiger partial charge is 0.352 e. The molecule has 0 amide bonds. The summed E-state index contributed by atoms with van der Waals surface area (Å²) in [5.41, 5.74) is 0.527. The van der Waals surface area contributed by atoms with E-state index in [4.69, 9.17) is 0 Å². The predicted molar refractivity (Wildman–Crippen MR) is 95.9 cm³/mol. The highest BCUT2D eigenvalue weighted by Crippen LogP contribution is 2.29. The SMILES string of the molecule is C=C(C)[C@H]([C@@H](O)c1ccccc1)n1[nH]c(=O)n(-c2ccccc2)c1=O. The number of aromatic amines is 1. The summed E-state index contributed by atoms with van der Waals surface area (Å²) in [5, 5.41) is 13.3. The fraction of sp³-hybridized carbons (Fsp3) is 0.158. The van der Waals surface area contributed by atoms with Crippen LogP contribution in [0.3, 0.4) is 0 Å². The van der Waals surface area contributed by atoms with Crippen LogP contribution in [0.2, 0.25) is 0 Å². The van der Waals surface area contributed by atoms with Crippen molar-refractivity contribution in [2.24, 2.45) is 0 Å². The molecule has 0 fully saturated rings. The number of hydrogen-bond acceptors (Lipinski definition) is 3. The fourth-order valence-electron chi connectivity index (χ4n) is 2.85. The van der Waals surface area contributed by atoms with Gasteiger partial charge in [0, 0.05) is 0 Å². The zero-order chi connectivity index (χ0) is 18.0. The predicted octanol–water partition coefficient (Wildman–Crippen LogP) is 2.18. The van der Waals surface area contributed by atoms with Crippen molar-refractivity contribution in [3.05, 3.63) is 99.3 Å². The van der Waals surface area contributed by atoms with Crippen LogP contribution in [0.1, 0.15) is 24.6 Å². The molecule has 2 N–H and O–H groups in total. The molecular formula is C19H19N3O3. The van der Waals surface area contributed by atoms with Crippen molar-refractivity contribution in [3.63, 3.8) is 0 Å². The van der Waals surface area contributed by atoms with Gasteiger partial charge in [0.05, 0.1) is 5.69 Å². The maximum atomic E-state index is 12.8. The summed E-state index contributed by atoms with van der Waals surface area (Å²) in [6.07, 6.45) is -1.02. The van der Waals surface area contributed by atoms with Crippen LogP contribution < -0.4 is 11.4 Å². The van der Waals surface area contributed by atoms with E-state index in [1.807, 2.05) is 6.07 Å². The lowest BCUT2D eigenvalue weighted by molar-refractivity contribution is 0.121. The van der Waals surface area contributed by atoms with Gasteiger partial charge in [0.15, 0.2) is 0 Å². The Balaban J connectivity index is 2.12. The van der Waals surface area contributed by atoms with Gasteiger partial charge in [-0.05, 0) is 24.6 Å². The second-order valence-corrected chi connectivity index (χ2v) is 5.89. The van der Waals surface area contributed by atoms with Crippen molar-refractivity contribution in [2.45, 2.75) is 19.1 Å². The van der Waals surface area contributed by atoms with Crippen LogP contribution in [-0.4, -0.2) is 19.5 Å². The maximum Gasteiger partial charge on any atom is 0.352 e. The Kier molecular flexibility index (Phi) is 4.54. The van der Waals surface area contributed by atoms with E-state index < -0.39 is 23.5 Å². The molecule has 1 aromatic heterocycles. The van der Waals surface area contributed by atoms with Crippen LogP contribution in [-0.2, 0) is 0 Å². The third kappa shape index (κ3) is 3.12. The normalized spacial score (nSPS) is 13.4. The highest BCUT2D eigenvalue weighted by atomic mass is 16.3. The summed E-state index contributed by atoms with van der Waals surface area (Å²) >= 11 is 0.